The molecule has 3 nitrogen and oxygen atoms in total. The molecular weight excluding hydrogens is 405 g/mol. The van der Waals surface area contributed by atoms with E-state index in [9.17, 15) is 8.42 Å². The van der Waals surface area contributed by atoms with Crippen LogP contribution in [0.4, 0.5) is 0 Å². The molecule has 102 valence electrons. The van der Waals surface area contributed by atoms with Gasteiger partial charge >= 0.3 is 0 Å². The van der Waals surface area contributed by atoms with Gasteiger partial charge in [-0.05, 0) is 47.5 Å². The first-order chi connectivity index (χ1) is 8.25. The molecule has 0 N–H and O–H groups in total. The second-order valence-electron chi connectivity index (χ2n) is 3.97. The molecule has 0 fully saturated rings. The van der Waals surface area contributed by atoms with Crippen LogP contribution in [-0.2, 0) is 10.0 Å². The van der Waals surface area contributed by atoms with E-state index in [1.807, 2.05) is 6.92 Å². The molecule has 1 rings (SSSR count). The van der Waals surface area contributed by atoms with Gasteiger partial charge in [0.05, 0.1) is 4.90 Å². The fourth-order valence-corrected chi connectivity index (χ4v) is 4.07. The highest BCUT2D eigenvalue weighted by atomic mass is 79.9. The summed E-state index contributed by atoms with van der Waals surface area (Å²) in [4.78, 5) is 0.251. The molecule has 0 bridgehead atoms. The molecule has 1 aromatic rings. The lowest BCUT2D eigenvalue weighted by molar-refractivity contribution is 0.460. The third-order valence-corrected chi connectivity index (χ3v) is 5.99. The Morgan fingerprint density at radius 2 is 2.00 bits per heavy atom. The number of alkyl halides is 1. The minimum atomic E-state index is -3.49. The minimum absolute atomic E-state index is 0.0476. The molecular formula is C11H14Br2ClNO2S. The molecule has 1 unspecified atom stereocenters. The van der Waals surface area contributed by atoms with Crippen LogP contribution in [0.25, 0.3) is 0 Å². The highest BCUT2D eigenvalue weighted by molar-refractivity contribution is 9.11. The Labute approximate surface area is 130 Å². The zero-order chi connectivity index (χ0) is 13.9. The van der Waals surface area contributed by atoms with E-state index in [0.29, 0.717) is 17.4 Å². The summed E-state index contributed by atoms with van der Waals surface area (Å²) >= 11 is 12.4. The van der Waals surface area contributed by atoms with Crippen LogP contribution >= 0.6 is 43.5 Å². The first-order valence-corrected chi connectivity index (χ1v) is 8.77. The predicted octanol–water partition coefficient (Wildman–Crippen LogP) is 3.85. The topological polar surface area (TPSA) is 37.4 Å². The fourth-order valence-electron chi connectivity index (χ4n) is 1.32. The van der Waals surface area contributed by atoms with Crippen molar-refractivity contribution in [2.75, 3.05) is 13.6 Å². The van der Waals surface area contributed by atoms with Crippen molar-refractivity contribution in [2.24, 2.45) is 0 Å². The van der Waals surface area contributed by atoms with Gasteiger partial charge in [0.1, 0.15) is 0 Å². The first kappa shape index (κ1) is 16.4. The first-order valence-electron chi connectivity index (χ1n) is 5.30. The maximum Gasteiger partial charge on any atom is 0.243 e. The number of hydrogen-bond donors (Lipinski definition) is 0. The summed E-state index contributed by atoms with van der Waals surface area (Å²) in [5.74, 6) is 0. The van der Waals surface area contributed by atoms with E-state index < -0.39 is 10.0 Å². The van der Waals surface area contributed by atoms with Crippen LogP contribution in [0.5, 0.6) is 0 Å². The van der Waals surface area contributed by atoms with Gasteiger partial charge in [-0.3, -0.25) is 0 Å². The van der Waals surface area contributed by atoms with Crippen molar-refractivity contribution in [1.82, 2.24) is 4.31 Å². The monoisotopic (exact) mass is 417 g/mol. The Balaban J connectivity index is 3.02. The van der Waals surface area contributed by atoms with Crippen LogP contribution in [0.3, 0.4) is 0 Å². The van der Waals surface area contributed by atoms with Gasteiger partial charge < -0.3 is 0 Å². The normalized spacial score (nSPS) is 13.9. The predicted molar refractivity (Wildman–Crippen MR) is 81.6 cm³/mol. The highest BCUT2D eigenvalue weighted by Gasteiger charge is 2.23. The van der Waals surface area contributed by atoms with Crippen LogP contribution in [-0.4, -0.2) is 31.7 Å². The molecule has 1 atom stereocenters. The zero-order valence-corrected chi connectivity index (χ0v) is 14.8. The SMILES string of the molecule is CC(Cl)CCN(C)S(=O)(=O)c1cc(Br)ccc1Br. The lowest BCUT2D eigenvalue weighted by atomic mass is 10.3. The van der Waals surface area contributed by atoms with Gasteiger partial charge in [0, 0.05) is 27.9 Å². The maximum atomic E-state index is 12.3. The Hall–Kier alpha value is 0.380. The number of rotatable bonds is 5. The van der Waals surface area contributed by atoms with Gasteiger partial charge in [0.25, 0.3) is 0 Å². The van der Waals surface area contributed by atoms with Crippen LogP contribution in [0.1, 0.15) is 13.3 Å². The summed E-state index contributed by atoms with van der Waals surface area (Å²) in [6, 6.07) is 5.07. The Morgan fingerprint density at radius 3 is 2.56 bits per heavy atom. The summed E-state index contributed by atoms with van der Waals surface area (Å²) in [6.45, 7) is 2.24. The number of nitrogens with zero attached hydrogens (tertiary/aromatic N) is 1. The van der Waals surface area contributed by atoms with E-state index in [0.717, 1.165) is 4.47 Å². The summed E-state index contributed by atoms with van der Waals surface area (Å²) in [5.41, 5.74) is 0. The molecule has 0 aliphatic rings. The Kier molecular flexibility index (Phi) is 6.12. The van der Waals surface area contributed by atoms with Crippen LogP contribution in [0, 0.1) is 0 Å². The Morgan fingerprint density at radius 1 is 1.39 bits per heavy atom. The van der Waals surface area contributed by atoms with Crippen LogP contribution in [0.2, 0.25) is 0 Å². The van der Waals surface area contributed by atoms with E-state index in [4.69, 9.17) is 11.6 Å². The van der Waals surface area contributed by atoms with Crippen molar-refractivity contribution in [3.63, 3.8) is 0 Å². The standard InChI is InChI=1S/C11H14Br2ClNO2S/c1-8(14)5-6-15(2)18(16,17)11-7-9(12)3-4-10(11)13/h3-4,7-8H,5-6H2,1-2H3. The molecule has 0 heterocycles. The molecule has 18 heavy (non-hydrogen) atoms. The van der Waals surface area contributed by atoms with E-state index >= 15 is 0 Å². The largest absolute Gasteiger partial charge is 0.243 e. The number of benzene rings is 1. The molecule has 0 saturated heterocycles. The average Bonchev–Trinajstić information content (AvgIpc) is 2.28. The number of halogens is 3. The second-order valence-corrected chi connectivity index (χ2v) is 8.50. The van der Waals surface area contributed by atoms with E-state index in [-0.39, 0.29) is 10.3 Å². The third kappa shape index (κ3) is 4.20. The molecule has 0 aliphatic carbocycles. The number of hydrogen-bond acceptors (Lipinski definition) is 2. The highest BCUT2D eigenvalue weighted by Crippen LogP contribution is 2.27. The maximum absolute atomic E-state index is 12.3. The van der Waals surface area contributed by atoms with Gasteiger partial charge in [0.15, 0.2) is 0 Å². The van der Waals surface area contributed by atoms with Crippen molar-refractivity contribution >= 4 is 53.5 Å². The molecule has 0 spiro atoms. The molecule has 0 aromatic heterocycles. The fraction of sp³-hybridized carbons (Fsp3) is 0.455. The Bertz CT molecular complexity index is 520. The number of sulfonamides is 1. The molecule has 1 aromatic carbocycles. The third-order valence-electron chi connectivity index (χ3n) is 2.42. The van der Waals surface area contributed by atoms with E-state index in [1.54, 1.807) is 25.2 Å². The van der Waals surface area contributed by atoms with Gasteiger partial charge in [-0.1, -0.05) is 15.9 Å². The second kappa shape index (κ2) is 6.70. The van der Waals surface area contributed by atoms with Crippen molar-refractivity contribution in [1.29, 1.82) is 0 Å². The van der Waals surface area contributed by atoms with Crippen LogP contribution in [0.15, 0.2) is 32.0 Å². The molecule has 0 saturated carbocycles. The lowest BCUT2D eigenvalue weighted by Gasteiger charge is -2.18. The van der Waals surface area contributed by atoms with Crippen molar-refractivity contribution in [3.8, 4) is 0 Å². The van der Waals surface area contributed by atoms with Gasteiger partial charge in [-0.2, -0.15) is 0 Å². The summed E-state index contributed by atoms with van der Waals surface area (Å²) in [6.07, 6.45) is 0.614. The van der Waals surface area contributed by atoms with Gasteiger partial charge in [0.2, 0.25) is 10.0 Å². The molecule has 0 aliphatic heterocycles. The molecule has 0 amide bonds. The average molecular weight is 420 g/mol. The van der Waals surface area contributed by atoms with Gasteiger partial charge in [-0.25, -0.2) is 12.7 Å². The zero-order valence-electron chi connectivity index (χ0n) is 10.0. The van der Waals surface area contributed by atoms with Crippen molar-refractivity contribution in [2.45, 2.75) is 23.6 Å². The van der Waals surface area contributed by atoms with Gasteiger partial charge in [-0.15, -0.1) is 11.6 Å². The summed E-state index contributed by atoms with van der Waals surface area (Å²) in [5, 5.41) is -0.0476. The van der Waals surface area contributed by atoms with Crippen molar-refractivity contribution < 1.29 is 8.42 Å². The van der Waals surface area contributed by atoms with Crippen molar-refractivity contribution in [3.05, 3.63) is 27.1 Å². The van der Waals surface area contributed by atoms with E-state index in [1.165, 1.54) is 4.31 Å². The molecule has 0 radical (unpaired) electrons. The smallest absolute Gasteiger partial charge is 0.207 e. The minimum Gasteiger partial charge on any atom is -0.207 e. The molecule has 7 heteroatoms. The van der Waals surface area contributed by atoms with Crippen LogP contribution < -0.4 is 0 Å². The quantitative estimate of drug-likeness (QED) is 0.680. The summed E-state index contributed by atoms with van der Waals surface area (Å²) in [7, 11) is -1.93. The summed E-state index contributed by atoms with van der Waals surface area (Å²) < 4.78 is 27.3. The lowest BCUT2D eigenvalue weighted by Crippen LogP contribution is -2.29. The van der Waals surface area contributed by atoms with E-state index in [2.05, 4.69) is 31.9 Å².